The Morgan fingerprint density at radius 1 is 1.23 bits per heavy atom. The number of thioether (sulfide) groups is 1. The first kappa shape index (κ1) is 9.85. The Morgan fingerprint density at radius 2 is 1.85 bits per heavy atom. The van der Waals surface area contributed by atoms with Gasteiger partial charge in [0.2, 0.25) is 0 Å². The molecule has 0 saturated carbocycles. The van der Waals surface area contributed by atoms with Gasteiger partial charge in [0.15, 0.2) is 0 Å². The molecule has 2 aliphatic heterocycles. The molecular formula is C11H21NS. The lowest BCUT2D eigenvalue weighted by Crippen LogP contribution is -2.39. The second kappa shape index (κ2) is 4.22. The zero-order valence-electron chi connectivity index (χ0n) is 8.75. The molecule has 2 fully saturated rings. The molecule has 0 amide bonds. The molecule has 2 atom stereocenters. The van der Waals surface area contributed by atoms with Gasteiger partial charge in [-0.1, -0.05) is 13.8 Å². The van der Waals surface area contributed by atoms with Crippen molar-refractivity contribution in [2.75, 3.05) is 5.75 Å². The summed E-state index contributed by atoms with van der Waals surface area (Å²) in [6, 6.07) is 1.73. The summed E-state index contributed by atoms with van der Waals surface area (Å²) >= 11 is 2.21. The van der Waals surface area contributed by atoms with Crippen LogP contribution in [0.3, 0.4) is 0 Å². The third kappa shape index (κ3) is 2.63. The average Bonchev–Trinajstić information content (AvgIpc) is 2.42. The molecule has 0 aliphatic carbocycles. The van der Waals surface area contributed by atoms with Crippen LogP contribution in [0, 0.1) is 5.92 Å². The summed E-state index contributed by atoms with van der Waals surface area (Å²) in [6.45, 7) is 4.64. The van der Waals surface area contributed by atoms with Gasteiger partial charge in [0.1, 0.15) is 0 Å². The summed E-state index contributed by atoms with van der Waals surface area (Å²) in [6.07, 6.45) is 5.72. The Hall–Kier alpha value is 0.310. The minimum atomic E-state index is 0.859. The second-order valence-electron chi connectivity index (χ2n) is 4.96. The molecule has 2 aliphatic rings. The lowest BCUT2D eigenvalue weighted by molar-refractivity contribution is 0.414. The molecule has 2 bridgehead atoms. The Morgan fingerprint density at radius 3 is 2.38 bits per heavy atom. The standard InChI is InChI=1S/C11H21NS/c1-8(2)7-13-11-5-9-3-4-10(6-11)12-9/h8-12H,3-7H2,1-2H3/t9-,10-/m0/s1. The molecule has 0 aromatic carbocycles. The fraction of sp³-hybridized carbons (Fsp3) is 1.00. The van der Waals surface area contributed by atoms with E-state index >= 15 is 0 Å². The summed E-state index contributed by atoms with van der Waals surface area (Å²) in [4.78, 5) is 0. The van der Waals surface area contributed by atoms with E-state index in [0.717, 1.165) is 23.3 Å². The van der Waals surface area contributed by atoms with E-state index in [9.17, 15) is 0 Å². The average molecular weight is 199 g/mol. The molecule has 0 radical (unpaired) electrons. The highest BCUT2D eigenvalue weighted by Gasteiger charge is 2.33. The Bertz CT molecular complexity index is 157. The SMILES string of the molecule is CC(C)CSC1C[C@@H]2CC[C@@H](C1)N2. The van der Waals surface area contributed by atoms with Crippen molar-refractivity contribution < 1.29 is 0 Å². The molecule has 2 rings (SSSR count). The minimum Gasteiger partial charge on any atom is -0.311 e. The van der Waals surface area contributed by atoms with Crippen LogP contribution in [0.25, 0.3) is 0 Å². The zero-order valence-corrected chi connectivity index (χ0v) is 9.57. The number of hydrogen-bond donors (Lipinski definition) is 1. The van der Waals surface area contributed by atoms with E-state index in [4.69, 9.17) is 0 Å². The van der Waals surface area contributed by atoms with Crippen LogP contribution >= 0.6 is 11.8 Å². The van der Waals surface area contributed by atoms with Gasteiger partial charge in [-0.05, 0) is 37.4 Å². The molecule has 2 heteroatoms. The summed E-state index contributed by atoms with van der Waals surface area (Å²) in [7, 11) is 0. The smallest absolute Gasteiger partial charge is 0.00807 e. The number of hydrogen-bond acceptors (Lipinski definition) is 2. The van der Waals surface area contributed by atoms with Crippen molar-refractivity contribution in [2.24, 2.45) is 5.92 Å². The lowest BCUT2D eigenvalue weighted by atomic mass is 10.1. The lowest BCUT2D eigenvalue weighted by Gasteiger charge is -2.29. The van der Waals surface area contributed by atoms with Crippen molar-refractivity contribution in [3.05, 3.63) is 0 Å². The highest BCUT2D eigenvalue weighted by atomic mass is 32.2. The van der Waals surface area contributed by atoms with Gasteiger partial charge < -0.3 is 5.32 Å². The summed E-state index contributed by atoms with van der Waals surface area (Å²) < 4.78 is 0. The Labute approximate surface area is 86.0 Å². The fourth-order valence-electron chi connectivity index (χ4n) is 2.47. The predicted molar refractivity (Wildman–Crippen MR) is 60.3 cm³/mol. The van der Waals surface area contributed by atoms with Crippen LogP contribution in [0.5, 0.6) is 0 Å². The maximum atomic E-state index is 3.69. The van der Waals surface area contributed by atoms with Crippen LogP contribution < -0.4 is 5.32 Å². The van der Waals surface area contributed by atoms with E-state index < -0.39 is 0 Å². The van der Waals surface area contributed by atoms with E-state index in [1.807, 2.05) is 0 Å². The first-order chi connectivity index (χ1) is 6.24. The molecule has 0 aromatic heterocycles. The molecule has 1 N–H and O–H groups in total. The van der Waals surface area contributed by atoms with Gasteiger partial charge in [0, 0.05) is 17.3 Å². The van der Waals surface area contributed by atoms with Gasteiger partial charge in [-0.2, -0.15) is 11.8 Å². The van der Waals surface area contributed by atoms with Gasteiger partial charge in [0.25, 0.3) is 0 Å². The first-order valence-electron chi connectivity index (χ1n) is 5.61. The molecular weight excluding hydrogens is 178 g/mol. The van der Waals surface area contributed by atoms with Crippen LogP contribution in [-0.2, 0) is 0 Å². The van der Waals surface area contributed by atoms with Gasteiger partial charge in [-0.3, -0.25) is 0 Å². The van der Waals surface area contributed by atoms with Gasteiger partial charge >= 0.3 is 0 Å². The molecule has 0 unspecified atom stereocenters. The van der Waals surface area contributed by atoms with E-state index in [1.54, 1.807) is 0 Å². The van der Waals surface area contributed by atoms with Crippen molar-refractivity contribution in [1.82, 2.24) is 5.32 Å². The van der Waals surface area contributed by atoms with Crippen LogP contribution in [0.4, 0.5) is 0 Å². The number of fused-ring (bicyclic) bond motifs is 2. The monoisotopic (exact) mass is 199 g/mol. The number of piperidine rings is 1. The van der Waals surface area contributed by atoms with Gasteiger partial charge in [0.05, 0.1) is 0 Å². The van der Waals surface area contributed by atoms with Crippen molar-refractivity contribution in [3.8, 4) is 0 Å². The fourth-order valence-corrected chi connectivity index (χ4v) is 3.86. The van der Waals surface area contributed by atoms with Crippen molar-refractivity contribution >= 4 is 11.8 Å². The van der Waals surface area contributed by atoms with Crippen molar-refractivity contribution in [2.45, 2.75) is 56.9 Å². The largest absolute Gasteiger partial charge is 0.311 e. The molecule has 0 aromatic rings. The third-order valence-electron chi connectivity index (χ3n) is 3.10. The Balaban J connectivity index is 1.75. The van der Waals surface area contributed by atoms with Crippen LogP contribution in [-0.4, -0.2) is 23.1 Å². The maximum Gasteiger partial charge on any atom is 0.00807 e. The highest BCUT2D eigenvalue weighted by molar-refractivity contribution is 7.99. The van der Waals surface area contributed by atoms with E-state index in [1.165, 1.54) is 31.4 Å². The van der Waals surface area contributed by atoms with Gasteiger partial charge in [-0.25, -0.2) is 0 Å². The summed E-state index contributed by atoms with van der Waals surface area (Å²) in [5.74, 6) is 2.21. The molecule has 76 valence electrons. The second-order valence-corrected chi connectivity index (χ2v) is 6.29. The molecule has 1 nitrogen and oxygen atoms in total. The number of rotatable bonds is 3. The minimum absolute atomic E-state index is 0.859. The first-order valence-corrected chi connectivity index (χ1v) is 6.66. The van der Waals surface area contributed by atoms with E-state index in [2.05, 4.69) is 30.9 Å². The predicted octanol–water partition coefficient (Wildman–Crippen LogP) is 2.66. The van der Waals surface area contributed by atoms with Crippen LogP contribution in [0.2, 0.25) is 0 Å². The molecule has 13 heavy (non-hydrogen) atoms. The maximum absolute atomic E-state index is 3.69. The van der Waals surface area contributed by atoms with Crippen molar-refractivity contribution in [1.29, 1.82) is 0 Å². The van der Waals surface area contributed by atoms with E-state index in [0.29, 0.717) is 0 Å². The topological polar surface area (TPSA) is 12.0 Å². The Kier molecular flexibility index (Phi) is 3.20. The van der Waals surface area contributed by atoms with E-state index in [-0.39, 0.29) is 0 Å². The van der Waals surface area contributed by atoms with Crippen LogP contribution in [0.1, 0.15) is 39.5 Å². The summed E-state index contributed by atoms with van der Waals surface area (Å²) in [5.41, 5.74) is 0. The molecule has 0 spiro atoms. The van der Waals surface area contributed by atoms with Crippen LogP contribution in [0.15, 0.2) is 0 Å². The van der Waals surface area contributed by atoms with Gasteiger partial charge in [-0.15, -0.1) is 0 Å². The molecule has 2 saturated heterocycles. The number of nitrogens with one attached hydrogen (secondary N) is 1. The highest BCUT2D eigenvalue weighted by Crippen LogP contribution is 2.34. The quantitative estimate of drug-likeness (QED) is 0.750. The molecule has 2 heterocycles. The van der Waals surface area contributed by atoms with Crippen molar-refractivity contribution in [3.63, 3.8) is 0 Å². The normalized spacial score (nSPS) is 38.5. The third-order valence-corrected chi connectivity index (χ3v) is 4.81. The summed E-state index contributed by atoms with van der Waals surface area (Å²) in [5, 5.41) is 4.65. The zero-order chi connectivity index (χ0) is 9.26.